The fraction of sp³-hybridized carbons (Fsp3) is 0.100. The van der Waals surface area contributed by atoms with Crippen LogP contribution in [0.3, 0.4) is 0 Å². The summed E-state index contributed by atoms with van der Waals surface area (Å²) >= 11 is 1.18. The lowest BCUT2D eigenvalue weighted by Crippen LogP contribution is -2.03. The number of carbonyl (C=O) groups is 1. The van der Waals surface area contributed by atoms with E-state index in [1.807, 2.05) is 0 Å². The summed E-state index contributed by atoms with van der Waals surface area (Å²) in [6.45, 7) is 0. The number of H-pyrrole nitrogens is 1. The van der Waals surface area contributed by atoms with Gasteiger partial charge in [-0.1, -0.05) is 11.8 Å². The van der Waals surface area contributed by atoms with Gasteiger partial charge in [-0.25, -0.2) is 9.97 Å². The van der Waals surface area contributed by atoms with Gasteiger partial charge in [0, 0.05) is 18.5 Å². The molecule has 18 heavy (non-hydrogen) atoms. The molecule has 0 amide bonds. The highest BCUT2D eigenvalue weighted by Crippen LogP contribution is 2.16. The molecule has 0 aliphatic rings. The molecule has 2 heterocycles. The topological polar surface area (TPSA) is 102 Å². The zero-order chi connectivity index (χ0) is 13.0. The smallest absolute Gasteiger partial charge is 0.287 e. The second-order valence-electron chi connectivity index (χ2n) is 3.27. The fourth-order valence-electron chi connectivity index (χ4n) is 1.22. The van der Waals surface area contributed by atoms with Crippen molar-refractivity contribution in [1.29, 1.82) is 0 Å². The average Bonchev–Trinajstić information content (AvgIpc) is 2.87. The van der Waals surface area contributed by atoms with E-state index < -0.39 is 4.92 Å². The predicted molar refractivity (Wildman–Crippen MR) is 64.5 cm³/mol. The van der Waals surface area contributed by atoms with Crippen LogP contribution < -0.4 is 0 Å². The zero-order valence-corrected chi connectivity index (χ0v) is 9.88. The zero-order valence-electron chi connectivity index (χ0n) is 9.07. The third-order valence-electron chi connectivity index (χ3n) is 2.05. The summed E-state index contributed by atoms with van der Waals surface area (Å²) in [5.41, 5.74) is 0.0874. The largest absolute Gasteiger partial charge is 0.353 e. The van der Waals surface area contributed by atoms with Gasteiger partial charge in [0.1, 0.15) is 0 Å². The molecule has 2 rings (SSSR count). The van der Waals surface area contributed by atoms with Gasteiger partial charge in [-0.2, -0.15) is 0 Å². The number of nitrogens with one attached hydrogen (secondary N) is 1. The number of Topliss-reactive ketones (excluding diaryl/α,β-unsaturated/α-hetero) is 1. The van der Waals surface area contributed by atoms with Crippen molar-refractivity contribution in [3.05, 3.63) is 46.5 Å². The summed E-state index contributed by atoms with van der Waals surface area (Å²) in [6.07, 6.45) is 4.36. The summed E-state index contributed by atoms with van der Waals surface area (Å²) in [6, 6.07) is 2.90. The Hall–Kier alpha value is -2.22. The molecule has 0 fully saturated rings. The van der Waals surface area contributed by atoms with Crippen LogP contribution in [0.25, 0.3) is 0 Å². The number of hydrogen-bond acceptors (Lipinski definition) is 6. The molecule has 0 saturated heterocycles. The van der Waals surface area contributed by atoms with Crippen LogP contribution >= 0.6 is 11.8 Å². The summed E-state index contributed by atoms with van der Waals surface area (Å²) in [4.78, 5) is 32.1. The molecule has 92 valence electrons. The van der Waals surface area contributed by atoms with Crippen molar-refractivity contribution in [3.63, 3.8) is 0 Å². The molecule has 0 spiro atoms. The molecule has 0 aromatic carbocycles. The molecule has 0 aliphatic carbocycles. The number of aromatic amines is 1. The molecule has 2 aromatic rings. The van der Waals surface area contributed by atoms with Gasteiger partial charge in [0.15, 0.2) is 10.9 Å². The van der Waals surface area contributed by atoms with Crippen LogP contribution in [0.1, 0.15) is 10.5 Å². The van der Waals surface area contributed by atoms with Gasteiger partial charge in [0.2, 0.25) is 0 Å². The number of ketones is 1. The summed E-state index contributed by atoms with van der Waals surface area (Å²) in [5.74, 6) is -0.109. The van der Waals surface area contributed by atoms with Crippen molar-refractivity contribution in [2.45, 2.75) is 5.16 Å². The second kappa shape index (κ2) is 5.41. The van der Waals surface area contributed by atoms with Crippen molar-refractivity contribution in [2.75, 3.05) is 5.75 Å². The van der Waals surface area contributed by atoms with Gasteiger partial charge in [-0.05, 0) is 6.07 Å². The van der Waals surface area contributed by atoms with Gasteiger partial charge >= 0.3 is 0 Å². The Morgan fingerprint density at radius 2 is 2.17 bits per heavy atom. The van der Waals surface area contributed by atoms with Crippen LogP contribution in [-0.4, -0.2) is 31.4 Å². The second-order valence-corrected chi connectivity index (χ2v) is 4.21. The molecule has 8 heteroatoms. The van der Waals surface area contributed by atoms with Gasteiger partial charge < -0.3 is 4.98 Å². The maximum absolute atomic E-state index is 11.7. The first-order valence-corrected chi connectivity index (χ1v) is 5.91. The molecule has 0 saturated carbocycles. The molecule has 0 unspecified atom stereocenters. The summed E-state index contributed by atoms with van der Waals surface area (Å²) < 4.78 is 0. The highest BCUT2D eigenvalue weighted by molar-refractivity contribution is 7.99. The number of hydrogen-bond donors (Lipinski definition) is 1. The van der Waals surface area contributed by atoms with Crippen LogP contribution in [0.15, 0.2) is 35.9 Å². The molecule has 1 N–H and O–H groups in total. The lowest BCUT2D eigenvalue weighted by atomic mass is 10.3. The van der Waals surface area contributed by atoms with E-state index in [0.717, 1.165) is 0 Å². The third-order valence-corrected chi connectivity index (χ3v) is 2.93. The van der Waals surface area contributed by atoms with Crippen LogP contribution in [-0.2, 0) is 0 Å². The van der Waals surface area contributed by atoms with E-state index in [0.29, 0.717) is 5.16 Å². The standard InChI is InChI=1S/C10H8N4O3S/c15-9(6-18-10-11-2-1-3-12-10)8-4-7(5-13-8)14(16)17/h1-5,13H,6H2. The van der Waals surface area contributed by atoms with Crippen LogP contribution in [0.4, 0.5) is 5.69 Å². The summed E-state index contributed by atoms with van der Waals surface area (Å²) in [7, 11) is 0. The van der Waals surface area contributed by atoms with E-state index in [4.69, 9.17) is 0 Å². The minimum atomic E-state index is -0.555. The van der Waals surface area contributed by atoms with Crippen LogP contribution in [0.2, 0.25) is 0 Å². The van der Waals surface area contributed by atoms with E-state index in [2.05, 4.69) is 15.0 Å². The Morgan fingerprint density at radius 3 is 2.78 bits per heavy atom. The maximum Gasteiger partial charge on any atom is 0.287 e. The van der Waals surface area contributed by atoms with E-state index in [-0.39, 0.29) is 22.9 Å². The monoisotopic (exact) mass is 264 g/mol. The Labute approximate surface area is 106 Å². The molecular weight excluding hydrogens is 256 g/mol. The first-order valence-electron chi connectivity index (χ1n) is 4.92. The van der Waals surface area contributed by atoms with Gasteiger partial charge in [-0.15, -0.1) is 0 Å². The number of rotatable bonds is 5. The lowest BCUT2D eigenvalue weighted by molar-refractivity contribution is -0.384. The minimum Gasteiger partial charge on any atom is -0.353 e. The van der Waals surface area contributed by atoms with Gasteiger partial charge in [-0.3, -0.25) is 14.9 Å². The van der Waals surface area contributed by atoms with E-state index >= 15 is 0 Å². The SMILES string of the molecule is O=C(CSc1ncccn1)c1cc([N+](=O)[O-])c[nH]1. The quantitative estimate of drug-likeness (QED) is 0.290. The summed E-state index contributed by atoms with van der Waals surface area (Å²) in [5, 5.41) is 11.0. The normalized spacial score (nSPS) is 10.2. The van der Waals surface area contributed by atoms with Crippen molar-refractivity contribution < 1.29 is 9.72 Å². The molecule has 0 aliphatic heterocycles. The molecule has 0 radical (unpaired) electrons. The van der Waals surface area contributed by atoms with E-state index in [9.17, 15) is 14.9 Å². The lowest BCUT2D eigenvalue weighted by Gasteiger charge is -1.97. The van der Waals surface area contributed by atoms with Crippen molar-refractivity contribution in [1.82, 2.24) is 15.0 Å². The average molecular weight is 264 g/mol. The van der Waals surface area contributed by atoms with Crippen molar-refractivity contribution in [3.8, 4) is 0 Å². The van der Waals surface area contributed by atoms with Crippen molar-refractivity contribution >= 4 is 23.2 Å². The van der Waals surface area contributed by atoms with Gasteiger partial charge in [0.05, 0.1) is 22.6 Å². The Bertz CT molecular complexity index is 570. The number of aromatic nitrogens is 3. The predicted octanol–water partition coefficient (Wildman–Crippen LogP) is 1.69. The van der Waals surface area contributed by atoms with Crippen molar-refractivity contribution in [2.24, 2.45) is 0 Å². The van der Waals surface area contributed by atoms with E-state index in [1.54, 1.807) is 18.5 Å². The number of nitro groups is 1. The van der Waals surface area contributed by atoms with Gasteiger partial charge in [0.25, 0.3) is 5.69 Å². The molecule has 0 atom stereocenters. The van der Waals surface area contributed by atoms with Crippen LogP contribution in [0, 0.1) is 10.1 Å². The highest BCUT2D eigenvalue weighted by Gasteiger charge is 2.14. The molecule has 7 nitrogen and oxygen atoms in total. The minimum absolute atomic E-state index is 0.126. The maximum atomic E-state index is 11.7. The molecule has 0 bridgehead atoms. The number of thioether (sulfide) groups is 1. The Kier molecular flexibility index (Phi) is 3.68. The molecular formula is C10H8N4O3S. The highest BCUT2D eigenvalue weighted by atomic mass is 32.2. The Morgan fingerprint density at radius 1 is 1.44 bits per heavy atom. The first kappa shape index (κ1) is 12.2. The first-order chi connectivity index (χ1) is 8.66. The van der Waals surface area contributed by atoms with Crippen LogP contribution in [0.5, 0.6) is 0 Å². The Balaban J connectivity index is 1.97. The molecule has 2 aromatic heterocycles. The fourth-order valence-corrected chi connectivity index (χ4v) is 1.90. The third kappa shape index (κ3) is 2.92. The van der Waals surface area contributed by atoms with E-state index in [1.165, 1.54) is 24.0 Å². The number of carbonyl (C=O) groups excluding carboxylic acids is 1. The number of nitrogens with zero attached hydrogens (tertiary/aromatic N) is 3.